The Morgan fingerprint density at radius 3 is 2.39 bits per heavy atom. The summed E-state index contributed by atoms with van der Waals surface area (Å²) >= 11 is 0. The lowest BCUT2D eigenvalue weighted by Crippen LogP contribution is -2.87. The molecule has 1 atom stereocenters. The average Bonchev–Trinajstić information content (AvgIpc) is 2.60. The Morgan fingerprint density at radius 2 is 1.78 bits per heavy atom. The molecular formula is C17H19N2O4+. The van der Waals surface area contributed by atoms with E-state index < -0.39 is 0 Å². The van der Waals surface area contributed by atoms with Gasteiger partial charge in [0.15, 0.2) is 11.5 Å². The van der Waals surface area contributed by atoms with Crippen LogP contribution in [0.15, 0.2) is 36.4 Å². The van der Waals surface area contributed by atoms with Crippen LogP contribution in [0.3, 0.4) is 0 Å². The van der Waals surface area contributed by atoms with Crippen molar-refractivity contribution >= 4 is 5.69 Å². The van der Waals surface area contributed by atoms with Crippen molar-refractivity contribution in [3.8, 4) is 11.5 Å². The zero-order chi connectivity index (χ0) is 16.4. The Kier molecular flexibility index (Phi) is 4.16. The van der Waals surface area contributed by atoms with Crippen molar-refractivity contribution in [2.75, 3.05) is 20.8 Å². The van der Waals surface area contributed by atoms with Crippen LogP contribution >= 0.6 is 0 Å². The van der Waals surface area contributed by atoms with Gasteiger partial charge >= 0.3 is 0 Å². The second-order valence-corrected chi connectivity index (χ2v) is 5.51. The lowest BCUT2D eigenvalue weighted by atomic mass is 9.89. The second-order valence-electron chi connectivity index (χ2n) is 5.51. The molecule has 2 aromatic rings. The summed E-state index contributed by atoms with van der Waals surface area (Å²) in [5, 5.41) is 13.1. The average molecular weight is 315 g/mol. The summed E-state index contributed by atoms with van der Waals surface area (Å²) in [6, 6.07) is 10.9. The summed E-state index contributed by atoms with van der Waals surface area (Å²) in [6.07, 6.45) is 0.958. The summed E-state index contributed by atoms with van der Waals surface area (Å²) in [7, 11) is 3.25. The third kappa shape index (κ3) is 2.85. The zero-order valence-electron chi connectivity index (χ0n) is 13.1. The number of nitrogens with two attached hydrogens (primary N) is 1. The minimum atomic E-state index is -0.379. The van der Waals surface area contributed by atoms with Gasteiger partial charge in [-0.25, -0.2) is 0 Å². The van der Waals surface area contributed by atoms with Gasteiger partial charge in [0.1, 0.15) is 6.04 Å². The maximum Gasteiger partial charge on any atom is 0.269 e. The number of non-ortho nitro benzene ring substituents is 1. The Hall–Kier alpha value is -2.60. The number of rotatable bonds is 4. The van der Waals surface area contributed by atoms with Crippen LogP contribution in [-0.4, -0.2) is 25.7 Å². The van der Waals surface area contributed by atoms with Gasteiger partial charge in [-0.1, -0.05) is 0 Å². The fraction of sp³-hybridized carbons (Fsp3) is 0.294. The van der Waals surface area contributed by atoms with E-state index in [4.69, 9.17) is 9.47 Å². The SMILES string of the molecule is COc1cc2c(cc1OC)[C@@H](c1ccc([N+](=O)[O-])cc1)[NH2+]CC2. The molecule has 1 aliphatic rings. The number of benzene rings is 2. The van der Waals surface area contributed by atoms with Gasteiger partial charge in [0.2, 0.25) is 0 Å². The molecule has 0 saturated heterocycles. The minimum Gasteiger partial charge on any atom is -0.493 e. The van der Waals surface area contributed by atoms with Crippen LogP contribution in [-0.2, 0) is 6.42 Å². The molecule has 6 heteroatoms. The molecule has 3 rings (SSSR count). The van der Waals surface area contributed by atoms with Crippen LogP contribution in [0.5, 0.6) is 11.5 Å². The maximum atomic E-state index is 10.8. The van der Waals surface area contributed by atoms with E-state index in [-0.39, 0.29) is 16.7 Å². The number of nitrogens with zero attached hydrogens (tertiary/aromatic N) is 1. The number of ether oxygens (including phenoxy) is 2. The molecule has 1 aliphatic heterocycles. The summed E-state index contributed by atoms with van der Waals surface area (Å²) in [5.41, 5.74) is 3.55. The van der Waals surface area contributed by atoms with E-state index in [9.17, 15) is 10.1 Å². The van der Waals surface area contributed by atoms with E-state index >= 15 is 0 Å². The standard InChI is InChI=1S/C17H18N2O4/c1-22-15-9-12-7-8-18-17(14(12)10-16(15)23-2)11-3-5-13(6-4-11)19(20)21/h3-6,9-10,17-18H,7-8H2,1-2H3/p+1/t17-/m1/s1. The highest BCUT2D eigenvalue weighted by molar-refractivity contribution is 5.50. The van der Waals surface area contributed by atoms with Gasteiger partial charge in [0, 0.05) is 29.7 Å². The third-order valence-electron chi connectivity index (χ3n) is 4.26. The van der Waals surface area contributed by atoms with Crippen molar-refractivity contribution in [1.29, 1.82) is 0 Å². The molecule has 2 N–H and O–H groups in total. The van der Waals surface area contributed by atoms with Crippen molar-refractivity contribution < 1.29 is 19.7 Å². The molecule has 0 spiro atoms. The van der Waals surface area contributed by atoms with Gasteiger partial charge in [0.25, 0.3) is 5.69 Å². The van der Waals surface area contributed by atoms with Crippen molar-refractivity contribution in [3.05, 3.63) is 63.2 Å². The van der Waals surface area contributed by atoms with Crippen LogP contribution in [0.25, 0.3) is 0 Å². The Balaban J connectivity index is 2.02. The molecule has 0 unspecified atom stereocenters. The van der Waals surface area contributed by atoms with E-state index in [2.05, 4.69) is 5.32 Å². The Morgan fingerprint density at radius 1 is 1.13 bits per heavy atom. The number of hydrogen-bond acceptors (Lipinski definition) is 4. The van der Waals surface area contributed by atoms with Gasteiger partial charge in [-0.05, 0) is 29.8 Å². The summed E-state index contributed by atoms with van der Waals surface area (Å²) in [5.74, 6) is 1.43. The number of nitro benzene ring substituents is 1. The smallest absolute Gasteiger partial charge is 0.269 e. The summed E-state index contributed by atoms with van der Waals surface area (Å²) in [6.45, 7) is 0.962. The van der Waals surface area contributed by atoms with Crippen LogP contribution in [0, 0.1) is 10.1 Å². The Labute approximate surface area is 134 Å². The van der Waals surface area contributed by atoms with E-state index in [1.807, 2.05) is 24.3 Å². The number of methoxy groups -OCH3 is 2. The molecule has 0 amide bonds. The molecule has 0 radical (unpaired) electrons. The van der Waals surface area contributed by atoms with E-state index in [0.717, 1.165) is 24.3 Å². The molecule has 2 aromatic carbocycles. The summed E-state index contributed by atoms with van der Waals surface area (Å²) in [4.78, 5) is 10.4. The highest BCUT2D eigenvalue weighted by Crippen LogP contribution is 2.35. The molecule has 0 aromatic heterocycles. The Bertz CT molecular complexity index is 728. The predicted molar refractivity (Wildman–Crippen MR) is 85.0 cm³/mol. The van der Waals surface area contributed by atoms with Crippen molar-refractivity contribution in [1.82, 2.24) is 0 Å². The largest absolute Gasteiger partial charge is 0.493 e. The highest BCUT2D eigenvalue weighted by Gasteiger charge is 2.27. The van der Waals surface area contributed by atoms with Crippen LogP contribution in [0.2, 0.25) is 0 Å². The minimum absolute atomic E-state index is 0.108. The number of hydrogen-bond donors (Lipinski definition) is 1. The van der Waals surface area contributed by atoms with E-state index in [0.29, 0.717) is 5.75 Å². The number of fused-ring (bicyclic) bond motifs is 1. The lowest BCUT2D eigenvalue weighted by molar-refractivity contribution is -0.690. The molecule has 23 heavy (non-hydrogen) atoms. The monoisotopic (exact) mass is 315 g/mol. The molecule has 0 fully saturated rings. The number of nitro groups is 1. The van der Waals surface area contributed by atoms with Gasteiger partial charge in [-0.15, -0.1) is 0 Å². The number of quaternary nitrogens is 1. The molecule has 0 saturated carbocycles. The van der Waals surface area contributed by atoms with E-state index in [1.54, 1.807) is 26.4 Å². The summed E-state index contributed by atoms with van der Waals surface area (Å²) < 4.78 is 10.8. The second kappa shape index (κ2) is 6.26. The maximum absolute atomic E-state index is 10.8. The van der Waals surface area contributed by atoms with Crippen molar-refractivity contribution in [3.63, 3.8) is 0 Å². The van der Waals surface area contributed by atoms with Crippen LogP contribution < -0.4 is 14.8 Å². The molecule has 1 heterocycles. The van der Waals surface area contributed by atoms with Gasteiger partial charge < -0.3 is 14.8 Å². The first-order valence-electron chi connectivity index (χ1n) is 7.46. The molecule has 0 aliphatic carbocycles. The molecule has 0 bridgehead atoms. The quantitative estimate of drug-likeness (QED) is 0.689. The third-order valence-corrected chi connectivity index (χ3v) is 4.26. The molecule has 120 valence electrons. The van der Waals surface area contributed by atoms with Crippen molar-refractivity contribution in [2.45, 2.75) is 12.5 Å². The topological polar surface area (TPSA) is 78.2 Å². The predicted octanol–water partition coefficient (Wildman–Crippen LogP) is 1.82. The fourth-order valence-electron chi connectivity index (χ4n) is 3.09. The molecule has 6 nitrogen and oxygen atoms in total. The zero-order valence-corrected chi connectivity index (χ0v) is 13.1. The van der Waals surface area contributed by atoms with Gasteiger partial charge in [-0.2, -0.15) is 0 Å². The normalized spacial score (nSPS) is 16.5. The van der Waals surface area contributed by atoms with E-state index in [1.165, 1.54) is 11.1 Å². The van der Waals surface area contributed by atoms with Crippen molar-refractivity contribution in [2.24, 2.45) is 0 Å². The first kappa shape index (κ1) is 15.3. The molecular weight excluding hydrogens is 296 g/mol. The first-order valence-corrected chi connectivity index (χ1v) is 7.46. The lowest BCUT2D eigenvalue weighted by Gasteiger charge is -2.25. The first-order chi connectivity index (χ1) is 11.1. The van der Waals surface area contributed by atoms with Crippen LogP contribution in [0.4, 0.5) is 5.69 Å². The van der Waals surface area contributed by atoms with Gasteiger partial charge in [0.05, 0.1) is 25.7 Å². The highest BCUT2D eigenvalue weighted by atomic mass is 16.6. The van der Waals surface area contributed by atoms with Gasteiger partial charge in [-0.3, -0.25) is 10.1 Å². The van der Waals surface area contributed by atoms with Crippen LogP contribution in [0.1, 0.15) is 22.7 Å². The fourth-order valence-corrected chi connectivity index (χ4v) is 3.09.